The highest BCUT2D eigenvalue weighted by Crippen LogP contribution is 2.40. The van der Waals surface area contributed by atoms with Crippen LogP contribution in [-0.2, 0) is 0 Å². The van der Waals surface area contributed by atoms with Gasteiger partial charge in [0.1, 0.15) is 0 Å². The lowest BCUT2D eigenvalue weighted by atomic mass is 9.99. The fraction of sp³-hybridized carbons (Fsp3) is 0. The van der Waals surface area contributed by atoms with E-state index in [1.165, 1.54) is 20.7 Å². The Labute approximate surface area is 292 Å². The van der Waals surface area contributed by atoms with Gasteiger partial charge in [-0.3, -0.25) is 0 Å². The van der Waals surface area contributed by atoms with E-state index in [4.69, 9.17) is 13.1 Å². The molecule has 0 unspecified atom stereocenters. The predicted molar refractivity (Wildman–Crippen MR) is 207 cm³/mol. The number of rotatable bonds is 6. The number of hydrogen-bond acceptors (Lipinski definition) is 1. The van der Waals surface area contributed by atoms with Crippen LogP contribution in [0.15, 0.2) is 170 Å². The van der Waals surface area contributed by atoms with Crippen LogP contribution in [0.5, 0.6) is 0 Å². The monoisotopic (exact) mass is 652 g/mol. The van der Waals surface area contributed by atoms with Gasteiger partial charge in [0.05, 0.1) is 35.8 Å². The summed E-state index contributed by atoms with van der Waals surface area (Å²) in [5, 5.41) is 17.3. The number of nitrogens with zero attached hydrogens (tertiary/aromatic N) is 4. The van der Waals surface area contributed by atoms with Gasteiger partial charge in [0, 0.05) is 16.6 Å². The van der Waals surface area contributed by atoms with Crippen LogP contribution in [0.1, 0.15) is 5.56 Å². The van der Waals surface area contributed by atoms with Crippen molar-refractivity contribution in [1.29, 1.82) is 5.26 Å². The normalized spacial score (nSPS) is 11.1. The van der Waals surface area contributed by atoms with E-state index in [0.29, 0.717) is 16.9 Å². The summed E-state index contributed by atoms with van der Waals surface area (Å²) in [4.78, 5) is 7.45. The number of hydrogen-bond donors (Lipinski definition) is 0. The number of nitriles is 1. The molecule has 0 aliphatic heterocycles. The zero-order chi connectivity index (χ0) is 34.1. The Kier molecular flexibility index (Phi) is 7.63. The quantitative estimate of drug-likeness (QED) is 0.101. The van der Waals surface area contributed by atoms with Crippen LogP contribution in [-0.4, -0.2) is 12.6 Å². The van der Waals surface area contributed by atoms with Gasteiger partial charge in [0.25, 0.3) is 0 Å². The zero-order valence-electron chi connectivity index (χ0n) is 27.0. The minimum absolute atomic E-state index is 0.301. The van der Waals surface area contributed by atoms with E-state index in [2.05, 4.69) is 148 Å². The summed E-state index contributed by atoms with van der Waals surface area (Å²) in [6.07, 6.45) is 0. The van der Waals surface area contributed by atoms with E-state index < -0.39 is 8.07 Å². The summed E-state index contributed by atoms with van der Waals surface area (Å²) in [5.74, 6) is 0. The molecule has 0 aliphatic carbocycles. The number of benzene rings is 7. The van der Waals surface area contributed by atoms with Gasteiger partial charge in [-0.05, 0) is 62.0 Å². The van der Waals surface area contributed by atoms with Gasteiger partial charge < -0.3 is 4.57 Å². The van der Waals surface area contributed by atoms with Crippen LogP contribution in [0, 0.1) is 24.5 Å². The van der Waals surface area contributed by atoms with Crippen molar-refractivity contribution in [1.82, 2.24) is 4.57 Å². The van der Waals surface area contributed by atoms with Crippen LogP contribution < -0.4 is 20.7 Å². The lowest BCUT2D eigenvalue weighted by Gasteiger charge is -2.34. The summed E-state index contributed by atoms with van der Waals surface area (Å²) in [6, 6.07) is 61.1. The molecular formula is C45H28N4Si. The van der Waals surface area contributed by atoms with Gasteiger partial charge in [-0.25, -0.2) is 9.69 Å². The second-order valence-electron chi connectivity index (χ2n) is 12.2. The van der Waals surface area contributed by atoms with Crippen molar-refractivity contribution in [3.8, 4) is 22.9 Å². The number of fused-ring (bicyclic) bond motifs is 3. The van der Waals surface area contributed by atoms with E-state index in [1.807, 2.05) is 42.5 Å². The van der Waals surface area contributed by atoms with Gasteiger partial charge in [-0.2, -0.15) is 5.26 Å². The molecule has 1 heterocycles. The van der Waals surface area contributed by atoms with Crippen molar-refractivity contribution < 1.29 is 0 Å². The molecule has 4 nitrogen and oxygen atoms in total. The fourth-order valence-corrected chi connectivity index (χ4v) is 12.2. The molecular weight excluding hydrogens is 625 g/mol. The molecule has 5 heteroatoms. The summed E-state index contributed by atoms with van der Waals surface area (Å²) in [5.41, 5.74) is 5.70. The van der Waals surface area contributed by atoms with Crippen molar-refractivity contribution in [2.75, 3.05) is 0 Å². The van der Waals surface area contributed by atoms with Gasteiger partial charge in [0.15, 0.2) is 13.8 Å². The van der Waals surface area contributed by atoms with Crippen LogP contribution in [0.4, 0.5) is 11.4 Å². The van der Waals surface area contributed by atoms with E-state index in [-0.39, 0.29) is 0 Å². The second-order valence-corrected chi connectivity index (χ2v) is 16.0. The standard InChI is InChI=1S/C45H28N4Si/c1-47-34-24-27-44-41(29-34)39-20-12-13-21-43(39)49(44)45-30-42(48-2)33(31-46)28-40(45)32-22-25-38(26-23-32)50(35-14-6-3-7-15-35,36-16-8-4-9-17-36)37-18-10-5-11-19-37/h3-30H. The number of aromatic nitrogens is 1. The van der Waals surface area contributed by atoms with E-state index >= 15 is 0 Å². The van der Waals surface area contributed by atoms with Crippen LogP contribution in [0.25, 0.3) is 48.3 Å². The van der Waals surface area contributed by atoms with Crippen molar-refractivity contribution in [3.63, 3.8) is 0 Å². The molecule has 8 rings (SSSR count). The maximum absolute atomic E-state index is 10.1. The van der Waals surface area contributed by atoms with Gasteiger partial charge in [0.2, 0.25) is 5.69 Å². The number of para-hydroxylation sites is 1. The molecule has 1 aromatic heterocycles. The summed E-state index contributed by atoms with van der Waals surface area (Å²) in [7, 11) is -2.73. The molecule has 0 radical (unpaired) electrons. The van der Waals surface area contributed by atoms with Crippen molar-refractivity contribution in [2.24, 2.45) is 0 Å². The average molecular weight is 653 g/mol. The van der Waals surface area contributed by atoms with Crippen molar-refractivity contribution >= 4 is 62.0 Å². The first-order chi connectivity index (χ1) is 24.7. The molecule has 0 spiro atoms. The Morgan fingerprint density at radius 3 is 1.62 bits per heavy atom. The first kappa shape index (κ1) is 30.4. The molecule has 0 fully saturated rings. The highest BCUT2D eigenvalue weighted by molar-refractivity contribution is 7.19. The largest absolute Gasteiger partial charge is 0.310 e. The molecule has 8 aromatic rings. The highest BCUT2D eigenvalue weighted by Gasteiger charge is 2.41. The van der Waals surface area contributed by atoms with Gasteiger partial charge in [-0.15, -0.1) is 0 Å². The maximum atomic E-state index is 10.1. The van der Waals surface area contributed by atoms with Crippen LogP contribution in [0.3, 0.4) is 0 Å². The lowest BCUT2D eigenvalue weighted by Crippen LogP contribution is -2.74. The molecule has 0 saturated heterocycles. The average Bonchev–Trinajstić information content (AvgIpc) is 3.52. The Hall–Kier alpha value is -6.97. The SMILES string of the molecule is [C-]#[N+]c1ccc2c(c1)c1ccccc1n2-c1cc([N+]#[C-])c(C#N)cc1-c1ccc([Si](c2ccccc2)(c2ccccc2)c2ccccc2)cc1. The van der Waals surface area contributed by atoms with E-state index in [1.54, 1.807) is 0 Å². The third-order valence-electron chi connectivity index (χ3n) is 9.63. The Bertz CT molecular complexity index is 2560. The smallest absolute Gasteiger partial charge is 0.206 e. The minimum atomic E-state index is -2.73. The fourth-order valence-electron chi connectivity index (χ4n) is 7.43. The molecule has 0 bridgehead atoms. The molecule has 50 heavy (non-hydrogen) atoms. The highest BCUT2D eigenvalue weighted by atomic mass is 28.3. The van der Waals surface area contributed by atoms with Crippen molar-refractivity contribution in [3.05, 3.63) is 198 Å². The third kappa shape index (κ3) is 4.80. The third-order valence-corrected chi connectivity index (χ3v) is 14.4. The lowest BCUT2D eigenvalue weighted by molar-refractivity contribution is 1.18. The summed E-state index contributed by atoms with van der Waals surface area (Å²) >= 11 is 0. The van der Waals surface area contributed by atoms with E-state index in [0.717, 1.165) is 38.6 Å². The second kappa shape index (κ2) is 12.6. The zero-order valence-corrected chi connectivity index (χ0v) is 28.0. The van der Waals surface area contributed by atoms with Crippen LogP contribution >= 0.6 is 0 Å². The van der Waals surface area contributed by atoms with Gasteiger partial charge in [-0.1, -0.05) is 140 Å². The topological polar surface area (TPSA) is 37.4 Å². The first-order valence-electron chi connectivity index (χ1n) is 16.3. The maximum Gasteiger partial charge on any atom is 0.206 e. The summed E-state index contributed by atoms with van der Waals surface area (Å²) in [6.45, 7) is 15.6. The van der Waals surface area contributed by atoms with E-state index in [9.17, 15) is 5.26 Å². The Morgan fingerprint density at radius 2 is 1.06 bits per heavy atom. The molecule has 232 valence electrons. The molecule has 0 saturated carbocycles. The van der Waals surface area contributed by atoms with Crippen LogP contribution in [0.2, 0.25) is 0 Å². The van der Waals surface area contributed by atoms with Crippen molar-refractivity contribution in [2.45, 2.75) is 0 Å². The molecule has 0 N–H and O–H groups in total. The Morgan fingerprint density at radius 1 is 0.520 bits per heavy atom. The van der Waals surface area contributed by atoms with Gasteiger partial charge >= 0.3 is 0 Å². The summed E-state index contributed by atoms with van der Waals surface area (Å²) < 4.78 is 2.16. The molecule has 7 aromatic carbocycles. The first-order valence-corrected chi connectivity index (χ1v) is 18.3. The molecule has 0 atom stereocenters. The molecule has 0 aliphatic rings. The predicted octanol–water partition coefficient (Wildman–Crippen LogP) is 8.80. The minimum Gasteiger partial charge on any atom is -0.310 e. The molecule has 0 amide bonds. The Balaban J connectivity index is 1.40.